The maximum Gasteiger partial charge on any atom is 0.342 e. The first-order chi connectivity index (χ1) is 20.8. The molecule has 2 aromatic rings. The van der Waals surface area contributed by atoms with Crippen molar-refractivity contribution in [3.8, 4) is 11.5 Å². The molecule has 0 aliphatic carbocycles. The Morgan fingerprint density at radius 1 is 1.18 bits per heavy atom. The molecule has 0 radical (unpaired) electrons. The molecule has 44 heavy (non-hydrogen) atoms. The van der Waals surface area contributed by atoms with E-state index in [1.165, 1.54) is 24.9 Å². The van der Waals surface area contributed by atoms with Crippen LogP contribution in [0, 0.1) is 5.92 Å². The molecule has 2 aliphatic heterocycles. The van der Waals surface area contributed by atoms with E-state index in [4.69, 9.17) is 23.7 Å². The molecule has 0 saturated carbocycles. The minimum atomic E-state index is -1.11. The minimum Gasteiger partial charge on any atom is -0.507 e. The number of esters is 1. The molecule has 11 heteroatoms. The van der Waals surface area contributed by atoms with Crippen LogP contribution in [0.5, 0.6) is 11.5 Å². The maximum absolute atomic E-state index is 16.1. The van der Waals surface area contributed by atoms with Gasteiger partial charge in [0.25, 0.3) is 0 Å². The van der Waals surface area contributed by atoms with Gasteiger partial charge in [-0.15, -0.1) is 0 Å². The van der Waals surface area contributed by atoms with Crippen LogP contribution in [0.2, 0.25) is 0 Å². The summed E-state index contributed by atoms with van der Waals surface area (Å²) in [4.78, 5) is 27.1. The van der Waals surface area contributed by atoms with E-state index >= 15 is 4.39 Å². The summed E-state index contributed by atoms with van der Waals surface area (Å²) in [6.45, 7) is 9.20. The highest BCUT2D eigenvalue weighted by Crippen LogP contribution is 2.37. The predicted octanol–water partition coefficient (Wildman–Crippen LogP) is 5.54. The van der Waals surface area contributed by atoms with Crippen LogP contribution in [-0.2, 0) is 25.6 Å². The molecule has 236 valence electrons. The first-order valence-electron chi connectivity index (χ1n) is 14.8. The fraction of sp³-hybridized carbons (Fsp3) is 0.455. The standard InChI is InChI=1S/C33H41BFNO8/c1-7-36(32(34)39)23-16-22-9-8-10-27-30(44-33(4,5)43-27)29(41-18-21-11-13-24(40-6)14-12-21)25(35)15-19(2)20(3)42-31(38)28(22)26(37)17-23/h8-9,11-17,19-20,27,29-30,37H,7,10,18,34H2,1-6H3/b9-8+,25-15+/t19-,20+,27+,29-,30+/m1/s1. The number of carbonyl (C=O) groups excluding carboxylic acids is 2. The Morgan fingerprint density at radius 2 is 1.89 bits per heavy atom. The van der Waals surface area contributed by atoms with E-state index in [-0.39, 0.29) is 30.1 Å². The zero-order valence-corrected chi connectivity index (χ0v) is 26.3. The molecule has 1 saturated heterocycles. The Labute approximate surface area is 259 Å². The lowest BCUT2D eigenvalue weighted by Gasteiger charge is -2.27. The summed E-state index contributed by atoms with van der Waals surface area (Å²) in [7, 11) is 3.01. The average Bonchev–Trinajstić information content (AvgIpc) is 3.26. The zero-order chi connectivity index (χ0) is 32.2. The minimum absolute atomic E-state index is 0.0497. The smallest absolute Gasteiger partial charge is 0.342 e. The zero-order valence-electron chi connectivity index (χ0n) is 26.3. The van der Waals surface area contributed by atoms with Crippen molar-refractivity contribution in [1.82, 2.24) is 0 Å². The van der Waals surface area contributed by atoms with Gasteiger partial charge in [0.05, 0.1) is 19.8 Å². The largest absolute Gasteiger partial charge is 0.507 e. The number of benzene rings is 2. The summed E-state index contributed by atoms with van der Waals surface area (Å²) in [6.07, 6.45) is 1.81. The number of rotatable bonds is 6. The Kier molecular flexibility index (Phi) is 10.5. The van der Waals surface area contributed by atoms with Gasteiger partial charge in [-0.05, 0) is 69.5 Å². The fourth-order valence-electron chi connectivity index (χ4n) is 5.42. The summed E-state index contributed by atoms with van der Waals surface area (Å²) in [5.41, 5.74) is 1.58. The van der Waals surface area contributed by atoms with Crippen molar-refractivity contribution in [1.29, 1.82) is 0 Å². The summed E-state index contributed by atoms with van der Waals surface area (Å²) in [5, 5.41) is 11.0. The van der Waals surface area contributed by atoms with Crippen LogP contribution in [0.4, 0.5) is 14.9 Å². The lowest BCUT2D eigenvalue weighted by Crippen LogP contribution is -2.38. The van der Waals surface area contributed by atoms with Gasteiger partial charge in [0.1, 0.15) is 41.2 Å². The number of aromatic hydroxyl groups is 1. The van der Waals surface area contributed by atoms with Gasteiger partial charge in [0, 0.05) is 24.2 Å². The molecule has 0 bridgehead atoms. The van der Waals surface area contributed by atoms with E-state index < -0.39 is 47.9 Å². The van der Waals surface area contributed by atoms with Crippen LogP contribution in [0.25, 0.3) is 6.08 Å². The lowest BCUT2D eigenvalue weighted by atomic mass is 9.97. The monoisotopic (exact) mass is 609 g/mol. The first kappa shape index (κ1) is 33.2. The van der Waals surface area contributed by atoms with Crippen molar-refractivity contribution >= 4 is 31.4 Å². The second-order valence-electron chi connectivity index (χ2n) is 11.6. The molecular weight excluding hydrogens is 568 g/mol. The third-order valence-corrected chi connectivity index (χ3v) is 7.85. The second kappa shape index (κ2) is 14.0. The van der Waals surface area contributed by atoms with E-state index in [1.807, 2.05) is 19.1 Å². The van der Waals surface area contributed by atoms with E-state index in [0.717, 1.165) is 5.56 Å². The summed E-state index contributed by atoms with van der Waals surface area (Å²) >= 11 is 0. The number of methoxy groups -OCH3 is 1. The summed E-state index contributed by atoms with van der Waals surface area (Å²) in [5.74, 6) is -2.74. The van der Waals surface area contributed by atoms with Crippen molar-refractivity contribution < 1.29 is 42.8 Å². The van der Waals surface area contributed by atoms with Gasteiger partial charge in [-0.3, -0.25) is 4.79 Å². The van der Waals surface area contributed by atoms with E-state index in [1.54, 1.807) is 65.2 Å². The molecule has 0 spiro atoms. The highest BCUT2D eigenvalue weighted by Gasteiger charge is 2.46. The molecule has 4 rings (SSSR count). The number of fused-ring (bicyclic) bond motifs is 2. The molecule has 2 aromatic carbocycles. The number of hydrogen-bond acceptors (Lipinski definition) is 8. The third-order valence-electron chi connectivity index (χ3n) is 7.85. The van der Waals surface area contributed by atoms with E-state index in [2.05, 4.69) is 0 Å². The van der Waals surface area contributed by atoms with Gasteiger partial charge in [0.2, 0.25) is 7.85 Å². The number of ether oxygens (including phenoxy) is 5. The quantitative estimate of drug-likeness (QED) is 0.337. The molecule has 0 aromatic heterocycles. The average molecular weight is 610 g/mol. The van der Waals surface area contributed by atoms with Crippen LogP contribution in [0.3, 0.4) is 0 Å². The number of carbonyl (C=O) groups is 2. The topological polar surface area (TPSA) is 104 Å². The van der Waals surface area contributed by atoms with Gasteiger partial charge < -0.3 is 33.7 Å². The molecule has 1 amide bonds. The Morgan fingerprint density at radius 3 is 2.52 bits per heavy atom. The predicted molar refractivity (Wildman–Crippen MR) is 167 cm³/mol. The second-order valence-corrected chi connectivity index (χ2v) is 11.6. The van der Waals surface area contributed by atoms with Crippen molar-refractivity contribution in [3.63, 3.8) is 0 Å². The van der Waals surface area contributed by atoms with Gasteiger partial charge >= 0.3 is 5.97 Å². The van der Waals surface area contributed by atoms with Gasteiger partial charge in [0.15, 0.2) is 11.6 Å². The Bertz CT molecular complexity index is 1410. The molecular formula is C33H41BFNO8. The van der Waals surface area contributed by atoms with E-state index in [9.17, 15) is 14.7 Å². The Hall–Kier alpha value is -3.67. The SMILES string of the molecule is BC(=O)N(CC)c1cc(O)c2c(c1)/C=C/C[C@@H]1OC(C)(C)O[C@@H]1[C@H](OCc1ccc(OC)cc1)/C(F)=C\[C@@H](C)[C@H](C)OC2=O. The van der Waals surface area contributed by atoms with Crippen molar-refractivity contribution in [3.05, 3.63) is 71.1 Å². The molecule has 9 nitrogen and oxygen atoms in total. The van der Waals surface area contributed by atoms with Crippen LogP contribution >= 0.6 is 0 Å². The molecule has 5 atom stereocenters. The number of amides is 1. The van der Waals surface area contributed by atoms with Gasteiger partial charge in [-0.2, -0.15) is 0 Å². The van der Waals surface area contributed by atoms with Crippen LogP contribution in [0.15, 0.2) is 54.4 Å². The number of halogens is 1. The molecule has 1 fully saturated rings. The van der Waals surface area contributed by atoms with Gasteiger partial charge in [-0.1, -0.05) is 31.2 Å². The van der Waals surface area contributed by atoms with Gasteiger partial charge in [-0.25, -0.2) is 9.18 Å². The number of phenolic OH excluding ortho intramolecular Hbond substituents is 1. The third kappa shape index (κ3) is 7.69. The van der Waals surface area contributed by atoms with Crippen LogP contribution < -0.4 is 9.64 Å². The van der Waals surface area contributed by atoms with Crippen molar-refractivity contribution in [2.24, 2.45) is 5.92 Å². The van der Waals surface area contributed by atoms with Crippen LogP contribution in [0.1, 0.15) is 62.5 Å². The summed E-state index contributed by atoms with van der Waals surface area (Å²) < 4.78 is 45.7. The number of anilines is 1. The highest BCUT2D eigenvalue weighted by atomic mass is 19.1. The van der Waals surface area contributed by atoms with Crippen molar-refractivity contribution in [2.75, 3.05) is 18.6 Å². The summed E-state index contributed by atoms with van der Waals surface area (Å²) in [6, 6.07) is 10.3. The van der Waals surface area contributed by atoms with Crippen molar-refractivity contribution in [2.45, 2.75) is 77.8 Å². The molecule has 2 heterocycles. The Balaban J connectivity index is 1.74. The lowest BCUT2D eigenvalue weighted by molar-refractivity contribution is -0.158. The number of hydrogen-bond donors (Lipinski definition) is 1. The normalized spacial score (nSPS) is 27.1. The molecule has 0 unspecified atom stereocenters. The molecule has 2 aliphatic rings. The van der Waals surface area contributed by atoms with Crippen LogP contribution in [-0.4, -0.2) is 68.6 Å². The number of cyclic esters (lactones) is 1. The number of nitrogens with zero attached hydrogens (tertiary/aromatic N) is 1. The first-order valence-corrected chi connectivity index (χ1v) is 14.8. The van der Waals surface area contributed by atoms with E-state index in [0.29, 0.717) is 23.5 Å². The molecule has 1 N–H and O–H groups in total. The maximum atomic E-state index is 16.1. The number of phenols is 1. The highest BCUT2D eigenvalue weighted by molar-refractivity contribution is 6.60. The fourth-order valence-corrected chi connectivity index (χ4v) is 5.42.